The first-order valence-electron chi connectivity index (χ1n) is 9.97. The molecule has 3 aromatic heterocycles. The van der Waals surface area contributed by atoms with Gasteiger partial charge in [0.05, 0.1) is 24.6 Å². The van der Waals surface area contributed by atoms with Gasteiger partial charge in [-0.25, -0.2) is 14.1 Å². The number of fused-ring (bicyclic) bond motifs is 1. The van der Waals surface area contributed by atoms with Crippen LogP contribution in [0.25, 0.3) is 21.6 Å². The van der Waals surface area contributed by atoms with E-state index >= 15 is 0 Å². The van der Waals surface area contributed by atoms with E-state index in [0.717, 1.165) is 5.56 Å². The summed E-state index contributed by atoms with van der Waals surface area (Å²) in [4.78, 5) is 17.4. The van der Waals surface area contributed by atoms with Gasteiger partial charge in [0.15, 0.2) is 16.3 Å². The van der Waals surface area contributed by atoms with Gasteiger partial charge in [0.2, 0.25) is 5.13 Å². The summed E-state index contributed by atoms with van der Waals surface area (Å²) in [5.74, 6) is -0.140. The summed E-state index contributed by atoms with van der Waals surface area (Å²) >= 11 is 1.22. The first-order chi connectivity index (χ1) is 16.1. The molecule has 33 heavy (non-hydrogen) atoms. The summed E-state index contributed by atoms with van der Waals surface area (Å²) in [5.41, 5.74) is 1.88. The van der Waals surface area contributed by atoms with Gasteiger partial charge in [-0.2, -0.15) is 5.10 Å². The van der Waals surface area contributed by atoms with Crippen molar-refractivity contribution in [2.24, 2.45) is 0 Å². The Balaban J connectivity index is 1.44. The Hall–Kier alpha value is -4.18. The fourth-order valence-corrected chi connectivity index (χ4v) is 4.20. The van der Waals surface area contributed by atoms with Crippen LogP contribution in [0.5, 0.6) is 5.75 Å². The van der Waals surface area contributed by atoms with Crippen molar-refractivity contribution in [2.45, 2.75) is 6.54 Å². The van der Waals surface area contributed by atoms with Gasteiger partial charge in [-0.1, -0.05) is 41.7 Å². The van der Waals surface area contributed by atoms with E-state index in [1.54, 1.807) is 43.6 Å². The van der Waals surface area contributed by atoms with Gasteiger partial charge in [-0.3, -0.25) is 10.1 Å². The maximum absolute atomic E-state index is 14.2. The number of anilines is 1. The lowest BCUT2D eigenvalue weighted by Gasteiger charge is -2.04. The van der Waals surface area contributed by atoms with Crippen LogP contribution in [0.3, 0.4) is 0 Å². The minimum absolute atomic E-state index is 0.143. The Morgan fingerprint density at radius 2 is 1.91 bits per heavy atom. The van der Waals surface area contributed by atoms with Crippen LogP contribution in [0.15, 0.2) is 66.9 Å². The maximum atomic E-state index is 14.2. The van der Waals surface area contributed by atoms with Crippen molar-refractivity contribution in [2.75, 3.05) is 12.4 Å². The third kappa shape index (κ3) is 4.03. The molecule has 8 nitrogen and oxygen atoms in total. The van der Waals surface area contributed by atoms with Crippen LogP contribution in [0, 0.1) is 5.82 Å². The largest absolute Gasteiger partial charge is 0.496 e. The molecule has 0 bridgehead atoms. The Bertz CT molecular complexity index is 1460. The molecule has 3 heterocycles. The van der Waals surface area contributed by atoms with Gasteiger partial charge < -0.3 is 4.74 Å². The number of para-hydroxylation sites is 1. The number of rotatable bonds is 6. The number of nitrogens with one attached hydrogen (secondary N) is 1. The molecule has 10 heteroatoms. The van der Waals surface area contributed by atoms with Crippen LogP contribution in [-0.2, 0) is 6.54 Å². The lowest BCUT2D eigenvalue weighted by atomic mass is 10.2. The average molecular weight is 460 g/mol. The van der Waals surface area contributed by atoms with E-state index in [2.05, 4.69) is 25.6 Å². The zero-order valence-corrected chi connectivity index (χ0v) is 18.2. The smallest absolute Gasteiger partial charge is 0.278 e. The van der Waals surface area contributed by atoms with Crippen molar-refractivity contribution in [1.29, 1.82) is 0 Å². The maximum Gasteiger partial charge on any atom is 0.278 e. The van der Waals surface area contributed by atoms with Crippen LogP contribution in [-0.4, -0.2) is 38.0 Å². The Kier molecular flexibility index (Phi) is 5.49. The lowest BCUT2D eigenvalue weighted by Crippen LogP contribution is -2.14. The number of pyridine rings is 1. The summed E-state index contributed by atoms with van der Waals surface area (Å²) in [5, 5.41) is 16.9. The highest BCUT2D eigenvalue weighted by Crippen LogP contribution is 2.33. The van der Waals surface area contributed by atoms with Crippen LogP contribution in [0.4, 0.5) is 9.52 Å². The number of hydrogen-bond acceptors (Lipinski definition) is 7. The molecule has 0 spiro atoms. The summed E-state index contributed by atoms with van der Waals surface area (Å²) < 4.78 is 21.1. The zero-order chi connectivity index (χ0) is 22.8. The molecule has 1 amide bonds. The molecule has 0 atom stereocenters. The number of aromatic nitrogens is 5. The topological polar surface area (TPSA) is 94.8 Å². The standard InChI is InChI=1S/C23H17FN6O2S/c1-32-18-11-5-3-8-15(18)22-27-28-23(33-22)26-21(31)19-16-9-6-12-25-20(16)30(29-19)13-14-7-2-4-10-17(14)24/h2-12H,13H2,1H3,(H,26,28,31). The van der Waals surface area contributed by atoms with Crippen LogP contribution in [0.2, 0.25) is 0 Å². The molecule has 0 aliphatic heterocycles. The number of nitrogens with zero attached hydrogens (tertiary/aromatic N) is 5. The highest BCUT2D eigenvalue weighted by Gasteiger charge is 2.21. The van der Waals surface area contributed by atoms with Crippen molar-refractivity contribution in [3.8, 4) is 16.3 Å². The minimum atomic E-state index is -0.456. The highest BCUT2D eigenvalue weighted by molar-refractivity contribution is 7.18. The number of amides is 1. The third-order valence-corrected chi connectivity index (χ3v) is 5.85. The van der Waals surface area contributed by atoms with Crippen LogP contribution < -0.4 is 10.1 Å². The number of ether oxygens (including phenoxy) is 1. The lowest BCUT2D eigenvalue weighted by molar-refractivity contribution is 0.102. The minimum Gasteiger partial charge on any atom is -0.496 e. The van der Waals surface area contributed by atoms with Gasteiger partial charge in [0, 0.05) is 11.8 Å². The quantitative estimate of drug-likeness (QED) is 0.404. The summed E-state index contributed by atoms with van der Waals surface area (Å²) in [6, 6.07) is 17.3. The second-order valence-corrected chi connectivity index (χ2v) is 8.02. The Morgan fingerprint density at radius 1 is 1.09 bits per heavy atom. The number of carbonyl (C=O) groups is 1. The number of methoxy groups -OCH3 is 1. The van der Waals surface area contributed by atoms with Gasteiger partial charge >= 0.3 is 0 Å². The van der Waals surface area contributed by atoms with Crippen molar-refractivity contribution < 1.29 is 13.9 Å². The average Bonchev–Trinajstić information content (AvgIpc) is 3.45. The SMILES string of the molecule is COc1ccccc1-c1nnc(NC(=O)c2nn(Cc3ccccc3F)c3ncccc23)s1. The first-order valence-corrected chi connectivity index (χ1v) is 10.8. The zero-order valence-electron chi connectivity index (χ0n) is 17.4. The molecular weight excluding hydrogens is 443 g/mol. The first kappa shape index (κ1) is 20.7. The molecular formula is C23H17FN6O2S. The van der Waals surface area contributed by atoms with E-state index < -0.39 is 5.91 Å². The van der Waals surface area contributed by atoms with Crippen molar-refractivity contribution >= 4 is 33.4 Å². The molecule has 0 saturated heterocycles. The predicted molar refractivity (Wildman–Crippen MR) is 123 cm³/mol. The van der Waals surface area contributed by atoms with E-state index in [1.807, 2.05) is 24.3 Å². The van der Waals surface area contributed by atoms with E-state index in [4.69, 9.17) is 4.74 Å². The van der Waals surface area contributed by atoms with E-state index in [-0.39, 0.29) is 18.1 Å². The molecule has 0 radical (unpaired) electrons. The van der Waals surface area contributed by atoms with Crippen LogP contribution in [0.1, 0.15) is 16.1 Å². The summed E-state index contributed by atoms with van der Waals surface area (Å²) in [7, 11) is 1.58. The Morgan fingerprint density at radius 3 is 2.76 bits per heavy atom. The second kappa shape index (κ2) is 8.75. The van der Waals surface area contributed by atoms with E-state index in [9.17, 15) is 9.18 Å². The molecule has 5 rings (SSSR count). The highest BCUT2D eigenvalue weighted by atomic mass is 32.1. The molecule has 5 aromatic rings. The number of hydrogen-bond donors (Lipinski definition) is 1. The molecule has 0 unspecified atom stereocenters. The molecule has 0 fully saturated rings. The molecule has 1 N–H and O–H groups in total. The van der Waals surface area contributed by atoms with Gasteiger partial charge in [-0.05, 0) is 30.3 Å². The molecule has 0 saturated carbocycles. The van der Waals surface area contributed by atoms with Crippen LogP contribution >= 0.6 is 11.3 Å². The molecule has 0 aliphatic rings. The normalized spacial score (nSPS) is 11.0. The second-order valence-electron chi connectivity index (χ2n) is 7.04. The third-order valence-electron chi connectivity index (χ3n) is 4.98. The number of benzene rings is 2. The molecule has 2 aromatic carbocycles. The monoisotopic (exact) mass is 460 g/mol. The van der Waals surface area contributed by atoms with E-state index in [0.29, 0.717) is 32.5 Å². The van der Waals surface area contributed by atoms with Gasteiger partial charge in [-0.15, -0.1) is 10.2 Å². The van der Waals surface area contributed by atoms with E-state index in [1.165, 1.54) is 22.1 Å². The number of halogens is 1. The summed E-state index contributed by atoms with van der Waals surface area (Å²) in [6.45, 7) is 0.143. The summed E-state index contributed by atoms with van der Waals surface area (Å²) in [6.07, 6.45) is 1.60. The molecule has 0 aliphatic carbocycles. The predicted octanol–water partition coefficient (Wildman–Crippen LogP) is 4.40. The molecule has 164 valence electrons. The van der Waals surface area contributed by atoms with Crippen molar-refractivity contribution in [3.05, 3.63) is 83.9 Å². The Labute approximate surface area is 191 Å². The van der Waals surface area contributed by atoms with Gasteiger partial charge in [0.1, 0.15) is 11.6 Å². The fraction of sp³-hybridized carbons (Fsp3) is 0.0870. The van der Waals surface area contributed by atoms with Gasteiger partial charge in [0.25, 0.3) is 5.91 Å². The number of carbonyl (C=O) groups excluding carboxylic acids is 1. The van der Waals surface area contributed by atoms with Crippen molar-refractivity contribution in [1.82, 2.24) is 25.0 Å². The fourth-order valence-electron chi connectivity index (χ4n) is 3.44. The van der Waals surface area contributed by atoms with Crippen molar-refractivity contribution in [3.63, 3.8) is 0 Å².